The summed E-state index contributed by atoms with van der Waals surface area (Å²) >= 11 is 0. The van der Waals surface area contributed by atoms with Crippen molar-refractivity contribution in [2.45, 2.75) is 13.0 Å². The van der Waals surface area contributed by atoms with Crippen LogP contribution < -0.4 is 21.1 Å². The molecule has 2 amide bonds. The van der Waals surface area contributed by atoms with Gasteiger partial charge in [-0.25, -0.2) is 0 Å². The number of nitrogens with one attached hydrogen (secondary N) is 2. The number of halogens is 1. The molecule has 1 unspecified atom stereocenters. The first-order valence-electron chi connectivity index (χ1n) is 8.03. The van der Waals surface area contributed by atoms with Crippen LogP contribution in [0.15, 0.2) is 48.5 Å². The van der Waals surface area contributed by atoms with Crippen molar-refractivity contribution in [3.05, 3.63) is 65.2 Å². The quantitative estimate of drug-likeness (QED) is 0.643. The fraction of sp³-hybridized carbons (Fsp3) is 0.263. The Morgan fingerprint density at radius 1 is 1.08 bits per heavy atom. The maximum atomic E-state index is 12.1. The highest BCUT2D eigenvalue weighted by molar-refractivity contribution is 5.94. The topological polar surface area (TPSA) is 93.5 Å². The average molecular weight is 378 g/mol. The van der Waals surface area contributed by atoms with E-state index in [9.17, 15) is 9.59 Å². The summed E-state index contributed by atoms with van der Waals surface area (Å²) in [5.74, 6) is 0.112. The van der Waals surface area contributed by atoms with E-state index >= 15 is 0 Å². The van der Waals surface area contributed by atoms with Gasteiger partial charge < -0.3 is 21.1 Å². The fourth-order valence-electron chi connectivity index (χ4n) is 2.26. The van der Waals surface area contributed by atoms with Crippen molar-refractivity contribution in [3.8, 4) is 5.75 Å². The molecule has 2 rings (SSSR count). The molecule has 2 aromatic carbocycles. The number of ether oxygens (including phenoxy) is 1. The largest absolute Gasteiger partial charge is 0.497 e. The zero-order valence-electron chi connectivity index (χ0n) is 14.8. The monoisotopic (exact) mass is 377 g/mol. The molecule has 140 valence electrons. The van der Waals surface area contributed by atoms with Crippen molar-refractivity contribution >= 4 is 24.2 Å². The molecule has 0 fully saturated rings. The lowest BCUT2D eigenvalue weighted by Crippen LogP contribution is -2.39. The number of methoxy groups -OCH3 is 1. The van der Waals surface area contributed by atoms with Gasteiger partial charge >= 0.3 is 0 Å². The molecule has 0 saturated heterocycles. The molecule has 7 heteroatoms. The molecule has 2 aromatic rings. The van der Waals surface area contributed by atoms with Gasteiger partial charge in [0.15, 0.2) is 0 Å². The van der Waals surface area contributed by atoms with Crippen molar-refractivity contribution in [1.29, 1.82) is 0 Å². The third-order valence-corrected chi connectivity index (χ3v) is 3.76. The predicted octanol–water partition coefficient (Wildman–Crippen LogP) is 1.97. The molecule has 0 aliphatic rings. The van der Waals surface area contributed by atoms with Crippen LogP contribution in [-0.2, 0) is 4.79 Å². The normalized spacial score (nSPS) is 11.0. The first-order valence-corrected chi connectivity index (χ1v) is 8.03. The van der Waals surface area contributed by atoms with Gasteiger partial charge in [-0.15, -0.1) is 12.4 Å². The van der Waals surface area contributed by atoms with Crippen molar-refractivity contribution < 1.29 is 14.3 Å². The van der Waals surface area contributed by atoms with Crippen LogP contribution in [0.5, 0.6) is 5.75 Å². The summed E-state index contributed by atoms with van der Waals surface area (Å²) in [7, 11) is 1.55. The van der Waals surface area contributed by atoms with Crippen LogP contribution in [0.25, 0.3) is 0 Å². The Labute approximate surface area is 159 Å². The number of carbonyl (C=O) groups excluding carboxylic acids is 2. The standard InChI is InChI=1S/C19H23N3O3.ClH/c1-13-6-8-14(9-7-13)17(20)19(24)22-11-10-21-18(23)15-4-3-5-16(12-15)25-2;/h3-9,12,17H,10-11,20H2,1-2H3,(H,21,23)(H,22,24);1H. The Morgan fingerprint density at radius 3 is 2.38 bits per heavy atom. The first kappa shape index (κ1) is 21.5. The van der Waals surface area contributed by atoms with Crippen LogP contribution in [0, 0.1) is 6.92 Å². The van der Waals surface area contributed by atoms with Gasteiger partial charge in [0, 0.05) is 18.7 Å². The Hall–Kier alpha value is -2.57. The van der Waals surface area contributed by atoms with Gasteiger partial charge in [0.05, 0.1) is 7.11 Å². The summed E-state index contributed by atoms with van der Waals surface area (Å²) < 4.78 is 5.09. The van der Waals surface area contributed by atoms with Crippen molar-refractivity contribution in [1.82, 2.24) is 10.6 Å². The number of nitrogens with two attached hydrogens (primary N) is 1. The van der Waals surface area contributed by atoms with Gasteiger partial charge in [0.1, 0.15) is 11.8 Å². The summed E-state index contributed by atoms with van der Waals surface area (Å²) in [4.78, 5) is 24.1. The van der Waals surface area contributed by atoms with Gasteiger partial charge in [-0.3, -0.25) is 9.59 Å². The molecule has 26 heavy (non-hydrogen) atoms. The SMILES string of the molecule is COc1cccc(C(=O)NCCNC(=O)C(N)c2ccc(C)cc2)c1.Cl. The number of hydrogen-bond acceptors (Lipinski definition) is 4. The fourth-order valence-corrected chi connectivity index (χ4v) is 2.26. The zero-order valence-corrected chi connectivity index (χ0v) is 15.6. The third kappa shape index (κ3) is 6.06. The number of rotatable bonds is 7. The smallest absolute Gasteiger partial charge is 0.251 e. The lowest BCUT2D eigenvalue weighted by Gasteiger charge is -2.13. The van der Waals surface area contributed by atoms with E-state index in [1.54, 1.807) is 31.4 Å². The Kier molecular flexibility index (Phi) is 8.61. The molecule has 0 aliphatic heterocycles. The molecular formula is C19H24ClN3O3. The Morgan fingerprint density at radius 2 is 1.73 bits per heavy atom. The minimum atomic E-state index is -0.727. The molecule has 0 spiro atoms. The second-order valence-corrected chi connectivity index (χ2v) is 5.67. The summed E-state index contributed by atoms with van der Waals surface area (Å²) in [6, 6.07) is 13.6. The van der Waals surface area contributed by atoms with Crippen molar-refractivity contribution in [2.75, 3.05) is 20.2 Å². The van der Waals surface area contributed by atoms with E-state index in [1.807, 2.05) is 31.2 Å². The zero-order chi connectivity index (χ0) is 18.2. The summed E-state index contributed by atoms with van der Waals surface area (Å²) in [6.07, 6.45) is 0. The van der Waals surface area contributed by atoms with Crippen LogP contribution in [0.2, 0.25) is 0 Å². The molecule has 4 N–H and O–H groups in total. The Bertz CT molecular complexity index is 735. The molecular weight excluding hydrogens is 354 g/mol. The first-order chi connectivity index (χ1) is 12.0. The Balaban J connectivity index is 0.00000338. The number of hydrogen-bond donors (Lipinski definition) is 3. The number of aryl methyl sites for hydroxylation is 1. The molecule has 0 aromatic heterocycles. The van der Waals surface area contributed by atoms with Gasteiger partial charge in [-0.2, -0.15) is 0 Å². The third-order valence-electron chi connectivity index (χ3n) is 3.76. The maximum Gasteiger partial charge on any atom is 0.251 e. The van der Waals surface area contributed by atoms with Gasteiger partial charge in [-0.1, -0.05) is 35.9 Å². The average Bonchev–Trinajstić information content (AvgIpc) is 2.64. The lowest BCUT2D eigenvalue weighted by atomic mass is 10.1. The molecule has 0 saturated carbocycles. The minimum Gasteiger partial charge on any atom is -0.497 e. The lowest BCUT2D eigenvalue weighted by molar-refractivity contribution is -0.122. The molecule has 0 aliphatic carbocycles. The number of benzene rings is 2. The highest BCUT2D eigenvalue weighted by Gasteiger charge is 2.15. The van der Waals surface area contributed by atoms with E-state index in [0.717, 1.165) is 11.1 Å². The molecule has 6 nitrogen and oxygen atoms in total. The van der Waals surface area contributed by atoms with Gasteiger partial charge in [-0.05, 0) is 30.7 Å². The van der Waals surface area contributed by atoms with Crippen LogP contribution in [-0.4, -0.2) is 32.0 Å². The second-order valence-electron chi connectivity index (χ2n) is 5.67. The van der Waals surface area contributed by atoms with E-state index in [-0.39, 0.29) is 24.2 Å². The van der Waals surface area contributed by atoms with Crippen LogP contribution in [0.3, 0.4) is 0 Å². The van der Waals surface area contributed by atoms with Crippen LogP contribution in [0.4, 0.5) is 0 Å². The number of carbonyl (C=O) groups is 2. The maximum absolute atomic E-state index is 12.1. The van der Waals surface area contributed by atoms with E-state index in [0.29, 0.717) is 24.4 Å². The highest BCUT2D eigenvalue weighted by Crippen LogP contribution is 2.12. The van der Waals surface area contributed by atoms with Gasteiger partial charge in [0.2, 0.25) is 5.91 Å². The summed E-state index contributed by atoms with van der Waals surface area (Å²) in [5.41, 5.74) is 8.30. The van der Waals surface area contributed by atoms with E-state index in [1.165, 1.54) is 0 Å². The molecule has 0 bridgehead atoms. The molecule has 0 radical (unpaired) electrons. The highest BCUT2D eigenvalue weighted by atomic mass is 35.5. The minimum absolute atomic E-state index is 0. The second kappa shape index (κ2) is 10.4. The van der Waals surface area contributed by atoms with E-state index < -0.39 is 6.04 Å². The van der Waals surface area contributed by atoms with Crippen molar-refractivity contribution in [3.63, 3.8) is 0 Å². The molecule has 1 atom stereocenters. The van der Waals surface area contributed by atoms with Crippen LogP contribution in [0.1, 0.15) is 27.5 Å². The number of amides is 2. The summed E-state index contributed by atoms with van der Waals surface area (Å²) in [5, 5.41) is 5.46. The predicted molar refractivity (Wildman–Crippen MR) is 104 cm³/mol. The van der Waals surface area contributed by atoms with E-state index in [4.69, 9.17) is 10.5 Å². The van der Waals surface area contributed by atoms with E-state index in [2.05, 4.69) is 10.6 Å². The van der Waals surface area contributed by atoms with Crippen molar-refractivity contribution in [2.24, 2.45) is 5.73 Å². The summed E-state index contributed by atoms with van der Waals surface area (Å²) in [6.45, 7) is 2.58. The van der Waals surface area contributed by atoms with Gasteiger partial charge in [0.25, 0.3) is 5.91 Å². The van der Waals surface area contributed by atoms with Crippen LogP contribution >= 0.6 is 12.4 Å². The molecule has 0 heterocycles.